The third kappa shape index (κ3) is 5.12. The molecule has 0 heterocycles. The van der Waals surface area contributed by atoms with Crippen LogP contribution in [0.5, 0.6) is 0 Å². The summed E-state index contributed by atoms with van der Waals surface area (Å²) in [6.45, 7) is 6.81. The second kappa shape index (κ2) is 9.82. The molecule has 3 aromatic rings. The van der Waals surface area contributed by atoms with E-state index in [2.05, 4.69) is 75.4 Å². The molecule has 0 aliphatic heterocycles. The van der Waals surface area contributed by atoms with Crippen molar-refractivity contribution in [3.8, 4) is 11.1 Å². The van der Waals surface area contributed by atoms with Gasteiger partial charge in [0.05, 0.1) is 0 Å². The van der Waals surface area contributed by atoms with Crippen LogP contribution in [0.1, 0.15) is 63.5 Å². The molecule has 3 heteroatoms. The van der Waals surface area contributed by atoms with Crippen molar-refractivity contribution in [2.24, 2.45) is 0 Å². The van der Waals surface area contributed by atoms with Crippen molar-refractivity contribution in [2.75, 3.05) is 0 Å². The van der Waals surface area contributed by atoms with Gasteiger partial charge >= 0.3 is 26.2 Å². The predicted octanol–water partition coefficient (Wildman–Crippen LogP) is 1.19. The Balaban J connectivity index is 0.00000121. The van der Waals surface area contributed by atoms with E-state index in [1.165, 1.54) is 53.1 Å². The second-order valence-corrected chi connectivity index (χ2v) is 8.41. The van der Waals surface area contributed by atoms with Crippen molar-refractivity contribution in [2.45, 2.75) is 57.8 Å². The van der Waals surface area contributed by atoms with E-state index >= 15 is 0 Å². The molecular weight excluding hydrogens is 450 g/mol. The fourth-order valence-corrected chi connectivity index (χ4v) is 4.15. The summed E-state index contributed by atoms with van der Waals surface area (Å²) in [5, 5.41) is 2.82. The molecule has 141 valence electrons. The number of rotatable bonds is 2. The Kier molecular flexibility index (Phi) is 8.93. The molecule has 0 saturated heterocycles. The molecule has 0 spiro atoms. The number of fused-ring (bicyclic) bond motifs is 1. The van der Waals surface area contributed by atoms with Gasteiger partial charge in [0.2, 0.25) is 0 Å². The molecule has 27 heavy (non-hydrogen) atoms. The Morgan fingerprint density at radius 2 is 1.52 bits per heavy atom. The number of halogens is 2. The molecule has 1 aliphatic rings. The Hall–Kier alpha value is -0.487. The van der Waals surface area contributed by atoms with Crippen LogP contribution in [0, 0.1) is 0 Å². The van der Waals surface area contributed by atoms with Gasteiger partial charge in [-0.2, -0.15) is 6.07 Å². The average molecular weight is 478 g/mol. The maximum atomic E-state index is 2.46. The molecule has 1 fully saturated rings. The van der Waals surface area contributed by atoms with Gasteiger partial charge in [-0.15, -0.1) is 34.5 Å². The summed E-state index contributed by atoms with van der Waals surface area (Å²) >= 11 is 0. The standard InChI is InChI=1S/C24H27.2ClH.Zr/c1-24(2,3)21-13-11-18(12-14-21)22-10-6-9-19-15-20(16-23(19)22)17-7-4-5-8-17;;;/h6,9-17H,4-5,7-8H2,1-3H3;2*1H;/q-1;;;+3/p-2. The Morgan fingerprint density at radius 1 is 0.889 bits per heavy atom. The zero-order valence-electron chi connectivity index (χ0n) is 16.4. The van der Waals surface area contributed by atoms with Crippen LogP contribution in [0.3, 0.4) is 0 Å². The summed E-state index contributed by atoms with van der Waals surface area (Å²) in [7, 11) is 0. The van der Waals surface area contributed by atoms with Gasteiger partial charge in [0.1, 0.15) is 0 Å². The third-order valence-corrected chi connectivity index (χ3v) is 5.66. The zero-order chi connectivity index (χ0) is 16.7. The summed E-state index contributed by atoms with van der Waals surface area (Å²) in [6.07, 6.45) is 5.53. The first-order valence-corrected chi connectivity index (χ1v) is 9.33. The van der Waals surface area contributed by atoms with Crippen LogP contribution in [0.25, 0.3) is 21.9 Å². The molecule has 0 nitrogen and oxygen atoms in total. The second-order valence-electron chi connectivity index (χ2n) is 8.41. The summed E-state index contributed by atoms with van der Waals surface area (Å²) in [5.41, 5.74) is 5.86. The number of hydrogen-bond donors (Lipinski definition) is 0. The fraction of sp³-hybridized carbons (Fsp3) is 0.375. The van der Waals surface area contributed by atoms with Crippen LogP contribution >= 0.6 is 0 Å². The van der Waals surface area contributed by atoms with Gasteiger partial charge in [-0.1, -0.05) is 69.5 Å². The third-order valence-electron chi connectivity index (χ3n) is 5.66. The Morgan fingerprint density at radius 3 is 2.11 bits per heavy atom. The van der Waals surface area contributed by atoms with Crippen molar-refractivity contribution in [3.63, 3.8) is 0 Å². The molecule has 1 saturated carbocycles. The van der Waals surface area contributed by atoms with Gasteiger partial charge in [-0.25, -0.2) is 0 Å². The van der Waals surface area contributed by atoms with E-state index in [9.17, 15) is 0 Å². The molecular formula is C24H27Cl2Zr. The van der Waals surface area contributed by atoms with Crippen LogP contribution in [0.4, 0.5) is 0 Å². The minimum absolute atomic E-state index is 0. The van der Waals surface area contributed by atoms with Gasteiger partial charge in [0.25, 0.3) is 0 Å². The summed E-state index contributed by atoms with van der Waals surface area (Å²) < 4.78 is 0. The molecule has 1 radical (unpaired) electrons. The monoisotopic (exact) mass is 475 g/mol. The first-order valence-electron chi connectivity index (χ1n) is 9.33. The minimum atomic E-state index is 0. The summed E-state index contributed by atoms with van der Waals surface area (Å²) in [6, 6.07) is 20.8. The molecule has 4 rings (SSSR count). The predicted molar refractivity (Wildman–Crippen MR) is 105 cm³/mol. The quantitative estimate of drug-likeness (QED) is 0.487. The smallest absolute Gasteiger partial charge is 1.00 e. The van der Waals surface area contributed by atoms with Crippen LogP contribution in [0.2, 0.25) is 0 Å². The fourth-order valence-electron chi connectivity index (χ4n) is 4.15. The van der Waals surface area contributed by atoms with Crippen molar-refractivity contribution in [3.05, 3.63) is 65.7 Å². The molecule has 0 atom stereocenters. The van der Waals surface area contributed by atoms with Crippen molar-refractivity contribution >= 4 is 10.8 Å². The normalized spacial score (nSPS) is 14.3. The first-order chi connectivity index (χ1) is 11.5. The van der Waals surface area contributed by atoms with Crippen molar-refractivity contribution < 1.29 is 51.0 Å². The topological polar surface area (TPSA) is 0 Å². The minimum Gasteiger partial charge on any atom is -1.00 e. The van der Waals surface area contributed by atoms with Gasteiger partial charge < -0.3 is 24.8 Å². The molecule has 0 bridgehead atoms. The molecule has 0 amide bonds. The van der Waals surface area contributed by atoms with Gasteiger partial charge in [0, 0.05) is 0 Å². The van der Waals surface area contributed by atoms with Crippen LogP contribution < -0.4 is 24.8 Å². The molecule has 0 unspecified atom stereocenters. The number of hydrogen-bond acceptors (Lipinski definition) is 0. The molecule has 0 N–H and O–H groups in total. The van der Waals surface area contributed by atoms with E-state index < -0.39 is 0 Å². The van der Waals surface area contributed by atoms with E-state index in [0.29, 0.717) is 0 Å². The van der Waals surface area contributed by atoms with Gasteiger partial charge in [-0.05, 0) is 35.3 Å². The maximum Gasteiger partial charge on any atom is 3.00 e. The largest absolute Gasteiger partial charge is 3.00 e. The van der Waals surface area contributed by atoms with Crippen molar-refractivity contribution in [1.29, 1.82) is 0 Å². The van der Waals surface area contributed by atoms with E-state index in [-0.39, 0.29) is 56.4 Å². The van der Waals surface area contributed by atoms with E-state index in [1.54, 1.807) is 5.56 Å². The molecule has 3 aromatic carbocycles. The van der Waals surface area contributed by atoms with E-state index in [1.807, 2.05) is 0 Å². The molecule has 0 aromatic heterocycles. The van der Waals surface area contributed by atoms with Gasteiger partial charge in [0.15, 0.2) is 0 Å². The summed E-state index contributed by atoms with van der Waals surface area (Å²) in [4.78, 5) is 0. The van der Waals surface area contributed by atoms with E-state index in [0.717, 1.165) is 5.92 Å². The Labute approximate surface area is 195 Å². The van der Waals surface area contributed by atoms with Crippen LogP contribution in [0.15, 0.2) is 54.6 Å². The summed E-state index contributed by atoms with van der Waals surface area (Å²) in [5.74, 6) is 0.786. The van der Waals surface area contributed by atoms with Crippen LogP contribution in [-0.2, 0) is 31.6 Å². The average Bonchev–Trinajstić information content (AvgIpc) is 3.22. The zero-order valence-corrected chi connectivity index (χ0v) is 20.3. The number of benzene rings is 2. The molecule has 1 aliphatic carbocycles. The van der Waals surface area contributed by atoms with E-state index in [4.69, 9.17) is 0 Å². The SMILES string of the molecule is CC(C)(C)c1ccc(-c2cccc3[cH-]c(C4CCCC4)cc23)cc1.[Cl-].[Cl-].[Zr+3]. The Bertz CT molecular complexity index is 850. The first kappa shape index (κ1) is 24.6. The van der Waals surface area contributed by atoms with Crippen molar-refractivity contribution in [1.82, 2.24) is 0 Å². The van der Waals surface area contributed by atoms with Crippen LogP contribution in [-0.4, -0.2) is 0 Å². The van der Waals surface area contributed by atoms with Gasteiger partial charge in [-0.3, -0.25) is 0 Å². The maximum absolute atomic E-state index is 2.46.